The summed E-state index contributed by atoms with van der Waals surface area (Å²) in [5, 5.41) is 4.23. The van der Waals surface area contributed by atoms with Crippen LogP contribution in [-0.2, 0) is 17.9 Å². The van der Waals surface area contributed by atoms with Crippen molar-refractivity contribution in [3.63, 3.8) is 0 Å². The maximum absolute atomic E-state index is 13.2. The molecule has 3 aromatic rings. The number of hydrogen-bond acceptors (Lipinski definition) is 4. The quantitative estimate of drug-likeness (QED) is 0.565. The second-order valence-corrected chi connectivity index (χ2v) is 7.58. The third kappa shape index (κ3) is 4.67. The van der Waals surface area contributed by atoms with Gasteiger partial charge >= 0.3 is 0 Å². The molecule has 0 radical (unpaired) electrons. The normalized spacial score (nSPS) is 14.1. The number of nitrogens with zero attached hydrogens (tertiary/aromatic N) is 2. The molecule has 0 bridgehead atoms. The summed E-state index contributed by atoms with van der Waals surface area (Å²) in [6, 6.07) is 19.7. The van der Waals surface area contributed by atoms with E-state index in [0.29, 0.717) is 18.8 Å². The monoisotopic (exact) mass is 390 g/mol. The molecule has 0 N–H and O–H groups in total. The Hall–Kier alpha value is -3.08. The van der Waals surface area contributed by atoms with Crippen LogP contribution in [0.2, 0.25) is 0 Å². The predicted octanol–water partition coefficient (Wildman–Crippen LogP) is 5.07. The van der Waals surface area contributed by atoms with Gasteiger partial charge in [0.25, 0.3) is 0 Å². The molecular formula is C24H26N2O3. The highest BCUT2D eigenvalue weighted by Gasteiger charge is 2.28. The van der Waals surface area contributed by atoms with Gasteiger partial charge in [-0.2, -0.15) is 0 Å². The Balaban J connectivity index is 1.53. The van der Waals surface area contributed by atoms with Crippen molar-refractivity contribution in [3.05, 3.63) is 71.9 Å². The standard InChI is InChI=1S/C24H26N2O3/c1-28-22-13-7-12-20(14-22)23-15-21(25-29-23)17-26(16-18-8-3-2-4-9-18)24(27)19-10-5-6-11-19/h2-4,7-9,12-15,19H,5-6,10-11,16-17H2,1H3. The lowest BCUT2D eigenvalue weighted by Crippen LogP contribution is -2.34. The van der Waals surface area contributed by atoms with Crippen LogP contribution < -0.4 is 4.74 Å². The average Bonchev–Trinajstić information content (AvgIpc) is 3.46. The van der Waals surface area contributed by atoms with Crippen molar-refractivity contribution < 1.29 is 14.1 Å². The van der Waals surface area contributed by atoms with E-state index >= 15 is 0 Å². The number of aromatic nitrogens is 1. The van der Waals surface area contributed by atoms with E-state index in [4.69, 9.17) is 9.26 Å². The first-order chi connectivity index (χ1) is 14.2. The number of carbonyl (C=O) groups excluding carboxylic acids is 1. The molecule has 0 saturated heterocycles. The van der Waals surface area contributed by atoms with Crippen LogP contribution >= 0.6 is 0 Å². The van der Waals surface area contributed by atoms with Gasteiger partial charge in [0.05, 0.1) is 13.7 Å². The minimum absolute atomic E-state index is 0.128. The third-order valence-corrected chi connectivity index (χ3v) is 5.50. The lowest BCUT2D eigenvalue weighted by Gasteiger charge is -2.25. The smallest absolute Gasteiger partial charge is 0.226 e. The first-order valence-corrected chi connectivity index (χ1v) is 10.2. The molecule has 0 spiro atoms. The Bertz CT molecular complexity index is 946. The van der Waals surface area contributed by atoms with E-state index in [0.717, 1.165) is 48.3 Å². The fraction of sp³-hybridized carbons (Fsp3) is 0.333. The topological polar surface area (TPSA) is 55.6 Å². The summed E-state index contributed by atoms with van der Waals surface area (Å²) >= 11 is 0. The highest BCUT2D eigenvalue weighted by atomic mass is 16.5. The molecule has 0 aliphatic heterocycles. The van der Waals surface area contributed by atoms with E-state index < -0.39 is 0 Å². The van der Waals surface area contributed by atoms with E-state index in [-0.39, 0.29) is 11.8 Å². The van der Waals surface area contributed by atoms with Crippen molar-refractivity contribution in [1.82, 2.24) is 10.1 Å². The van der Waals surface area contributed by atoms with E-state index in [1.807, 2.05) is 53.4 Å². The molecule has 4 rings (SSSR count). The largest absolute Gasteiger partial charge is 0.497 e. The summed E-state index contributed by atoms with van der Waals surface area (Å²) in [6.45, 7) is 1.02. The molecule has 1 fully saturated rings. The van der Waals surface area contributed by atoms with Crippen LogP contribution in [0.25, 0.3) is 11.3 Å². The van der Waals surface area contributed by atoms with E-state index in [1.54, 1.807) is 7.11 Å². The highest BCUT2D eigenvalue weighted by Crippen LogP contribution is 2.29. The number of carbonyl (C=O) groups is 1. The maximum atomic E-state index is 13.2. The summed E-state index contributed by atoms with van der Waals surface area (Å²) in [5.74, 6) is 1.79. The van der Waals surface area contributed by atoms with Crippen LogP contribution in [0, 0.1) is 5.92 Å². The zero-order valence-electron chi connectivity index (χ0n) is 16.7. The molecule has 0 atom stereocenters. The Morgan fingerprint density at radius 1 is 1.07 bits per heavy atom. The number of benzene rings is 2. The number of amides is 1. The van der Waals surface area contributed by atoms with Crippen LogP contribution in [0.5, 0.6) is 5.75 Å². The molecule has 1 aromatic heterocycles. The number of hydrogen-bond donors (Lipinski definition) is 0. The van der Waals surface area contributed by atoms with Gasteiger partial charge < -0.3 is 14.2 Å². The zero-order chi connectivity index (χ0) is 20.1. The average molecular weight is 390 g/mol. The van der Waals surface area contributed by atoms with Crippen molar-refractivity contribution in [2.24, 2.45) is 5.92 Å². The van der Waals surface area contributed by atoms with Gasteiger partial charge in [-0.1, -0.05) is 60.5 Å². The van der Waals surface area contributed by atoms with Gasteiger partial charge in [0.2, 0.25) is 5.91 Å². The highest BCUT2D eigenvalue weighted by molar-refractivity contribution is 5.79. The van der Waals surface area contributed by atoms with Crippen LogP contribution in [0.1, 0.15) is 36.9 Å². The first-order valence-electron chi connectivity index (χ1n) is 10.2. The van der Waals surface area contributed by atoms with Gasteiger partial charge in [0.1, 0.15) is 11.4 Å². The number of methoxy groups -OCH3 is 1. The van der Waals surface area contributed by atoms with E-state index in [2.05, 4.69) is 17.3 Å². The fourth-order valence-electron chi connectivity index (χ4n) is 3.94. The van der Waals surface area contributed by atoms with Gasteiger partial charge in [-0.25, -0.2) is 0 Å². The Morgan fingerprint density at radius 3 is 2.62 bits per heavy atom. The summed E-state index contributed by atoms with van der Waals surface area (Å²) in [4.78, 5) is 15.1. The molecule has 150 valence electrons. The summed E-state index contributed by atoms with van der Waals surface area (Å²) in [6.07, 6.45) is 4.25. The lowest BCUT2D eigenvalue weighted by atomic mass is 10.1. The predicted molar refractivity (Wildman–Crippen MR) is 111 cm³/mol. The fourth-order valence-corrected chi connectivity index (χ4v) is 3.94. The van der Waals surface area contributed by atoms with Gasteiger partial charge in [0, 0.05) is 24.1 Å². The van der Waals surface area contributed by atoms with Crippen molar-refractivity contribution in [3.8, 4) is 17.1 Å². The Labute approximate surface area is 171 Å². The molecule has 5 heteroatoms. The molecule has 1 heterocycles. The van der Waals surface area contributed by atoms with Gasteiger partial charge in [-0.15, -0.1) is 0 Å². The molecule has 29 heavy (non-hydrogen) atoms. The van der Waals surface area contributed by atoms with Gasteiger partial charge in [-0.05, 0) is 30.5 Å². The molecular weight excluding hydrogens is 364 g/mol. The van der Waals surface area contributed by atoms with E-state index in [9.17, 15) is 4.79 Å². The van der Waals surface area contributed by atoms with Crippen molar-refractivity contribution >= 4 is 5.91 Å². The summed E-state index contributed by atoms with van der Waals surface area (Å²) in [5.41, 5.74) is 2.78. The molecule has 1 aliphatic rings. The van der Waals surface area contributed by atoms with Crippen LogP contribution in [0.3, 0.4) is 0 Å². The summed E-state index contributed by atoms with van der Waals surface area (Å²) < 4.78 is 10.9. The second kappa shape index (κ2) is 8.95. The molecule has 0 unspecified atom stereocenters. The molecule has 1 saturated carbocycles. The first kappa shape index (κ1) is 19.2. The second-order valence-electron chi connectivity index (χ2n) is 7.58. The maximum Gasteiger partial charge on any atom is 0.226 e. The van der Waals surface area contributed by atoms with Crippen LogP contribution in [0.15, 0.2) is 65.2 Å². The number of rotatable bonds is 7. The van der Waals surface area contributed by atoms with Crippen molar-refractivity contribution in [2.45, 2.75) is 38.8 Å². The van der Waals surface area contributed by atoms with E-state index in [1.165, 1.54) is 0 Å². The molecule has 1 aliphatic carbocycles. The zero-order valence-corrected chi connectivity index (χ0v) is 16.7. The lowest BCUT2D eigenvalue weighted by molar-refractivity contribution is -0.136. The number of ether oxygens (including phenoxy) is 1. The third-order valence-electron chi connectivity index (χ3n) is 5.50. The van der Waals surface area contributed by atoms with Gasteiger partial charge in [-0.3, -0.25) is 4.79 Å². The van der Waals surface area contributed by atoms with Gasteiger partial charge in [0.15, 0.2) is 5.76 Å². The summed E-state index contributed by atoms with van der Waals surface area (Å²) in [7, 11) is 1.64. The molecule has 5 nitrogen and oxygen atoms in total. The molecule has 1 amide bonds. The Kier molecular flexibility index (Phi) is 5.94. The minimum Gasteiger partial charge on any atom is -0.497 e. The SMILES string of the molecule is COc1cccc(-c2cc(CN(Cc3ccccc3)C(=O)C3CCCC3)no2)c1. The van der Waals surface area contributed by atoms with Crippen molar-refractivity contribution in [1.29, 1.82) is 0 Å². The Morgan fingerprint density at radius 2 is 1.86 bits per heavy atom. The van der Waals surface area contributed by atoms with Crippen LogP contribution in [0.4, 0.5) is 0 Å². The van der Waals surface area contributed by atoms with Crippen LogP contribution in [-0.4, -0.2) is 23.1 Å². The molecule has 2 aromatic carbocycles. The minimum atomic E-state index is 0.128. The van der Waals surface area contributed by atoms with Crippen molar-refractivity contribution in [2.75, 3.05) is 7.11 Å².